The zero-order valence-electron chi connectivity index (χ0n) is 10.7. The molecule has 0 fully saturated rings. The molecule has 106 valence electrons. The molecule has 0 spiro atoms. The van der Waals surface area contributed by atoms with Gasteiger partial charge in [-0.3, -0.25) is 25.7 Å². The minimum atomic E-state index is -0.510. The third kappa shape index (κ3) is 3.60. The van der Waals surface area contributed by atoms with Crippen molar-refractivity contribution < 1.29 is 9.85 Å². The van der Waals surface area contributed by atoms with Crippen LogP contribution >= 0.6 is 0 Å². The molecule has 0 radical (unpaired) electrons. The van der Waals surface area contributed by atoms with Gasteiger partial charge >= 0.3 is 0 Å². The van der Waals surface area contributed by atoms with E-state index >= 15 is 0 Å². The molecule has 2 aromatic rings. The summed E-state index contributed by atoms with van der Waals surface area (Å²) in [5, 5.41) is 25.2. The number of anilines is 1. The van der Waals surface area contributed by atoms with Crippen molar-refractivity contribution in [3.8, 4) is 0 Å². The molecule has 8 heteroatoms. The predicted octanol–water partition coefficient (Wildman–Crippen LogP) is 2.95. The van der Waals surface area contributed by atoms with Crippen LogP contribution in [0.3, 0.4) is 0 Å². The van der Waals surface area contributed by atoms with E-state index < -0.39 is 9.85 Å². The van der Waals surface area contributed by atoms with Crippen molar-refractivity contribution >= 4 is 23.3 Å². The zero-order valence-corrected chi connectivity index (χ0v) is 10.7. The third-order valence-corrected chi connectivity index (χ3v) is 2.60. The number of nitro groups is 2. The van der Waals surface area contributed by atoms with Crippen LogP contribution in [0.5, 0.6) is 0 Å². The molecule has 8 nitrogen and oxygen atoms in total. The molecule has 0 saturated heterocycles. The fraction of sp³-hybridized carbons (Fsp3) is 0. The van der Waals surface area contributed by atoms with Gasteiger partial charge in [0.1, 0.15) is 5.69 Å². The smallest absolute Gasteiger partial charge is 0.272 e. The van der Waals surface area contributed by atoms with E-state index in [-0.39, 0.29) is 17.1 Å². The summed E-state index contributed by atoms with van der Waals surface area (Å²) >= 11 is 0. The Balaban J connectivity index is 2.09. The topological polar surface area (TPSA) is 111 Å². The molecule has 21 heavy (non-hydrogen) atoms. The molecule has 2 aromatic carbocycles. The Labute approximate surface area is 119 Å². The quantitative estimate of drug-likeness (QED) is 0.516. The summed E-state index contributed by atoms with van der Waals surface area (Å²) in [7, 11) is 0. The Morgan fingerprint density at radius 3 is 2.24 bits per heavy atom. The second-order valence-electron chi connectivity index (χ2n) is 3.99. The molecular formula is C13H10N4O4. The van der Waals surface area contributed by atoms with Crippen LogP contribution in [0.25, 0.3) is 0 Å². The standard InChI is InChI=1S/C13H10N4O4/c18-16(19)11-7-5-10(6-8-11)9-14-15-12-3-1-2-4-13(12)17(20)21/h1-9,15H/b14-9+. The van der Waals surface area contributed by atoms with Crippen molar-refractivity contribution in [1.29, 1.82) is 0 Å². The number of hydrazone groups is 1. The number of rotatable bonds is 5. The maximum atomic E-state index is 10.8. The van der Waals surface area contributed by atoms with E-state index in [1.54, 1.807) is 12.1 Å². The number of nitro benzene ring substituents is 2. The van der Waals surface area contributed by atoms with Gasteiger partial charge in [0.05, 0.1) is 16.1 Å². The molecule has 0 amide bonds. The van der Waals surface area contributed by atoms with Crippen molar-refractivity contribution in [3.05, 3.63) is 74.3 Å². The normalized spacial score (nSPS) is 10.5. The fourth-order valence-electron chi connectivity index (χ4n) is 1.59. The molecule has 0 heterocycles. The molecule has 0 aliphatic heterocycles. The Kier molecular flexibility index (Phi) is 4.20. The molecule has 0 bridgehead atoms. The highest BCUT2D eigenvalue weighted by Gasteiger charge is 2.10. The Bertz CT molecular complexity index is 698. The summed E-state index contributed by atoms with van der Waals surface area (Å²) in [4.78, 5) is 20.3. The van der Waals surface area contributed by atoms with E-state index in [9.17, 15) is 20.2 Å². The van der Waals surface area contributed by atoms with Crippen molar-refractivity contribution in [2.45, 2.75) is 0 Å². The van der Waals surface area contributed by atoms with Crippen LogP contribution in [0.15, 0.2) is 53.6 Å². The van der Waals surface area contributed by atoms with Crippen LogP contribution < -0.4 is 5.43 Å². The zero-order chi connectivity index (χ0) is 15.2. The Morgan fingerprint density at radius 2 is 1.62 bits per heavy atom. The van der Waals surface area contributed by atoms with Crippen LogP contribution in [0.2, 0.25) is 0 Å². The van der Waals surface area contributed by atoms with Gasteiger partial charge in [-0.05, 0) is 23.8 Å². The first-order chi connectivity index (χ1) is 10.1. The lowest BCUT2D eigenvalue weighted by atomic mass is 10.2. The van der Waals surface area contributed by atoms with E-state index in [2.05, 4.69) is 10.5 Å². The van der Waals surface area contributed by atoms with Gasteiger partial charge in [-0.2, -0.15) is 5.10 Å². The minimum absolute atomic E-state index is 0.0150. The first kappa shape index (κ1) is 14.1. The number of benzene rings is 2. The van der Waals surface area contributed by atoms with E-state index in [4.69, 9.17) is 0 Å². The summed E-state index contributed by atoms with van der Waals surface area (Å²) < 4.78 is 0. The number of hydrogen-bond donors (Lipinski definition) is 1. The molecule has 0 aliphatic rings. The number of hydrogen-bond acceptors (Lipinski definition) is 6. The third-order valence-electron chi connectivity index (χ3n) is 2.60. The summed E-state index contributed by atoms with van der Waals surface area (Å²) in [6.07, 6.45) is 1.42. The van der Waals surface area contributed by atoms with Crippen LogP contribution in [0.4, 0.5) is 17.1 Å². The van der Waals surface area contributed by atoms with Gasteiger partial charge < -0.3 is 0 Å². The lowest BCUT2D eigenvalue weighted by molar-refractivity contribution is -0.384. The van der Waals surface area contributed by atoms with Gasteiger partial charge in [-0.25, -0.2) is 0 Å². The number of nitrogens with one attached hydrogen (secondary N) is 1. The highest BCUT2D eigenvalue weighted by Crippen LogP contribution is 2.22. The highest BCUT2D eigenvalue weighted by atomic mass is 16.6. The number of non-ortho nitro benzene ring substituents is 1. The molecular weight excluding hydrogens is 276 g/mol. The predicted molar refractivity (Wildman–Crippen MR) is 77.4 cm³/mol. The number of para-hydroxylation sites is 2. The first-order valence-corrected chi connectivity index (χ1v) is 5.85. The lowest BCUT2D eigenvalue weighted by Crippen LogP contribution is -1.96. The monoisotopic (exact) mass is 286 g/mol. The Morgan fingerprint density at radius 1 is 0.952 bits per heavy atom. The fourth-order valence-corrected chi connectivity index (χ4v) is 1.59. The summed E-state index contributed by atoms with van der Waals surface area (Å²) in [5.74, 6) is 0. The molecule has 2 rings (SSSR count). The number of nitrogens with zero attached hydrogens (tertiary/aromatic N) is 3. The van der Waals surface area contributed by atoms with Gasteiger partial charge in [0, 0.05) is 18.2 Å². The largest absolute Gasteiger partial charge is 0.294 e. The molecule has 1 N–H and O–H groups in total. The first-order valence-electron chi connectivity index (χ1n) is 5.85. The van der Waals surface area contributed by atoms with E-state index in [1.807, 2.05) is 0 Å². The maximum Gasteiger partial charge on any atom is 0.294 e. The molecule has 0 aromatic heterocycles. The van der Waals surface area contributed by atoms with Crippen molar-refractivity contribution in [1.82, 2.24) is 0 Å². The van der Waals surface area contributed by atoms with E-state index in [0.29, 0.717) is 5.56 Å². The van der Waals surface area contributed by atoms with Gasteiger partial charge in [0.15, 0.2) is 0 Å². The summed E-state index contributed by atoms with van der Waals surface area (Å²) in [5.41, 5.74) is 3.37. The maximum absolute atomic E-state index is 10.8. The van der Waals surface area contributed by atoms with Gasteiger partial charge in [-0.1, -0.05) is 12.1 Å². The van der Waals surface area contributed by atoms with E-state index in [0.717, 1.165) is 0 Å². The van der Waals surface area contributed by atoms with Crippen LogP contribution in [-0.4, -0.2) is 16.1 Å². The van der Waals surface area contributed by atoms with Crippen LogP contribution in [0.1, 0.15) is 5.56 Å². The minimum Gasteiger partial charge on any atom is -0.272 e. The molecule has 0 saturated carbocycles. The molecule has 0 aliphatic carbocycles. The van der Waals surface area contributed by atoms with Crippen LogP contribution in [-0.2, 0) is 0 Å². The SMILES string of the molecule is O=[N+]([O-])c1ccc(/C=N/Nc2ccccc2[N+](=O)[O-])cc1. The van der Waals surface area contributed by atoms with Crippen LogP contribution in [0, 0.1) is 20.2 Å². The Hall–Kier alpha value is -3.29. The second-order valence-corrected chi connectivity index (χ2v) is 3.99. The lowest BCUT2D eigenvalue weighted by Gasteiger charge is -2.00. The second kappa shape index (κ2) is 6.24. The molecule has 0 atom stereocenters. The average Bonchev–Trinajstić information content (AvgIpc) is 2.48. The van der Waals surface area contributed by atoms with Gasteiger partial charge in [0.25, 0.3) is 11.4 Å². The highest BCUT2D eigenvalue weighted by molar-refractivity contribution is 5.81. The molecule has 0 unspecified atom stereocenters. The van der Waals surface area contributed by atoms with Gasteiger partial charge in [-0.15, -0.1) is 0 Å². The van der Waals surface area contributed by atoms with Crippen molar-refractivity contribution in [2.75, 3.05) is 5.43 Å². The van der Waals surface area contributed by atoms with Crippen molar-refractivity contribution in [2.24, 2.45) is 5.10 Å². The van der Waals surface area contributed by atoms with Crippen molar-refractivity contribution in [3.63, 3.8) is 0 Å². The van der Waals surface area contributed by atoms with Gasteiger partial charge in [0.2, 0.25) is 0 Å². The van der Waals surface area contributed by atoms with E-state index in [1.165, 1.54) is 42.6 Å². The summed E-state index contributed by atoms with van der Waals surface area (Å²) in [6.45, 7) is 0. The average molecular weight is 286 g/mol. The summed E-state index contributed by atoms with van der Waals surface area (Å²) in [6, 6.07) is 11.9.